The number of amides is 2. The van der Waals surface area contributed by atoms with Gasteiger partial charge in [-0.15, -0.1) is 0 Å². The van der Waals surface area contributed by atoms with Gasteiger partial charge in [-0.1, -0.05) is 18.2 Å². The highest BCUT2D eigenvalue weighted by molar-refractivity contribution is 7.90. The fourth-order valence-electron chi connectivity index (χ4n) is 2.16. The predicted octanol–water partition coefficient (Wildman–Crippen LogP) is 3.42. The van der Waals surface area contributed by atoms with E-state index in [1.807, 2.05) is 0 Å². The largest absolute Gasteiger partial charge is 0.331 e. The third kappa shape index (κ3) is 4.55. The highest BCUT2D eigenvalue weighted by atomic mass is 32.2. The lowest BCUT2D eigenvalue weighted by atomic mass is 10.1. The van der Waals surface area contributed by atoms with Gasteiger partial charge in [0.25, 0.3) is 0 Å². The molecule has 7 heteroatoms. The van der Waals surface area contributed by atoms with E-state index < -0.39 is 15.9 Å². The molecule has 0 saturated heterocycles. The van der Waals surface area contributed by atoms with Crippen molar-refractivity contribution in [2.45, 2.75) is 24.8 Å². The number of rotatable bonds is 4. The minimum Gasteiger partial charge on any atom is -0.331 e. The summed E-state index contributed by atoms with van der Waals surface area (Å²) in [7, 11) is -3.36. The molecule has 0 aliphatic carbocycles. The number of anilines is 1. The van der Waals surface area contributed by atoms with Crippen molar-refractivity contribution < 1.29 is 17.6 Å². The summed E-state index contributed by atoms with van der Waals surface area (Å²) in [6, 6.07) is 9.59. The molecule has 2 aromatic carbocycles. The standard InChI is InChI=1S/C17H19FN2O3S/c1-11-4-9-15(24(3,22)23)10-16(11)20-17(21)19-12(2)13-5-7-14(18)8-6-13/h4-10,12H,1-3H3,(H2,19,20,21). The Balaban J connectivity index is 2.11. The van der Waals surface area contributed by atoms with Gasteiger partial charge >= 0.3 is 6.03 Å². The van der Waals surface area contributed by atoms with Crippen LogP contribution in [-0.4, -0.2) is 20.7 Å². The lowest BCUT2D eigenvalue weighted by Crippen LogP contribution is -2.31. The smallest absolute Gasteiger partial charge is 0.319 e. The number of hydrogen-bond acceptors (Lipinski definition) is 3. The molecule has 1 unspecified atom stereocenters. The van der Waals surface area contributed by atoms with Crippen LogP contribution in [0.3, 0.4) is 0 Å². The summed E-state index contributed by atoms with van der Waals surface area (Å²) in [4.78, 5) is 12.3. The van der Waals surface area contributed by atoms with Crippen molar-refractivity contribution in [3.63, 3.8) is 0 Å². The molecule has 2 amide bonds. The lowest BCUT2D eigenvalue weighted by molar-refractivity contribution is 0.249. The van der Waals surface area contributed by atoms with E-state index in [1.54, 1.807) is 32.0 Å². The Morgan fingerprint density at radius 2 is 1.75 bits per heavy atom. The quantitative estimate of drug-likeness (QED) is 0.887. The van der Waals surface area contributed by atoms with Crippen LogP contribution in [-0.2, 0) is 9.84 Å². The molecule has 0 radical (unpaired) electrons. The summed E-state index contributed by atoms with van der Waals surface area (Å²) < 4.78 is 36.2. The molecule has 24 heavy (non-hydrogen) atoms. The molecule has 5 nitrogen and oxygen atoms in total. The molecule has 0 saturated carbocycles. The number of urea groups is 1. The van der Waals surface area contributed by atoms with Crippen LogP contribution in [0.25, 0.3) is 0 Å². The van der Waals surface area contributed by atoms with Gasteiger partial charge in [-0.3, -0.25) is 0 Å². The van der Waals surface area contributed by atoms with E-state index in [9.17, 15) is 17.6 Å². The number of benzene rings is 2. The van der Waals surface area contributed by atoms with Crippen LogP contribution in [0.4, 0.5) is 14.9 Å². The summed E-state index contributed by atoms with van der Waals surface area (Å²) in [6.07, 6.45) is 1.11. The van der Waals surface area contributed by atoms with Crippen LogP contribution in [0.5, 0.6) is 0 Å². The molecule has 0 aromatic heterocycles. The Morgan fingerprint density at radius 3 is 2.33 bits per heavy atom. The zero-order valence-electron chi connectivity index (χ0n) is 13.6. The monoisotopic (exact) mass is 350 g/mol. The molecule has 0 heterocycles. The average molecular weight is 350 g/mol. The van der Waals surface area contributed by atoms with Crippen LogP contribution < -0.4 is 10.6 Å². The van der Waals surface area contributed by atoms with Crippen molar-refractivity contribution in [2.24, 2.45) is 0 Å². The van der Waals surface area contributed by atoms with Crippen molar-refractivity contribution >= 4 is 21.6 Å². The van der Waals surface area contributed by atoms with E-state index in [0.29, 0.717) is 5.69 Å². The highest BCUT2D eigenvalue weighted by Gasteiger charge is 2.13. The van der Waals surface area contributed by atoms with E-state index in [1.165, 1.54) is 24.3 Å². The van der Waals surface area contributed by atoms with Gasteiger partial charge in [0, 0.05) is 11.9 Å². The van der Waals surface area contributed by atoms with Gasteiger partial charge in [-0.2, -0.15) is 0 Å². The van der Waals surface area contributed by atoms with E-state index in [0.717, 1.165) is 17.4 Å². The van der Waals surface area contributed by atoms with Gasteiger partial charge in [0.2, 0.25) is 0 Å². The van der Waals surface area contributed by atoms with Crippen LogP contribution in [0.1, 0.15) is 24.1 Å². The summed E-state index contributed by atoms with van der Waals surface area (Å²) in [5.41, 5.74) is 1.92. The van der Waals surface area contributed by atoms with Crippen molar-refractivity contribution in [1.82, 2.24) is 5.32 Å². The predicted molar refractivity (Wildman–Crippen MR) is 91.3 cm³/mol. The van der Waals surface area contributed by atoms with Crippen LogP contribution in [0, 0.1) is 12.7 Å². The van der Waals surface area contributed by atoms with Gasteiger partial charge in [0.05, 0.1) is 10.9 Å². The topological polar surface area (TPSA) is 75.3 Å². The molecule has 1 atom stereocenters. The first-order valence-electron chi connectivity index (χ1n) is 7.30. The maximum absolute atomic E-state index is 12.9. The number of sulfone groups is 1. The summed E-state index contributed by atoms with van der Waals surface area (Å²) in [5.74, 6) is -0.344. The van der Waals surface area contributed by atoms with Gasteiger partial charge < -0.3 is 10.6 Å². The fourth-order valence-corrected chi connectivity index (χ4v) is 2.80. The summed E-state index contributed by atoms with van der Waals surface area (Å²) in [5, 5.41) is 5.37. The molecule has 2 aromatic rings. The van der Waals surface area contributed by atoms with E-state index >= 15 is 0 Å². The van der Waals surface area contributed by atoms with Crippen molar-refractivity contribution in [3.05, 3.63) is 59.4 Å². The third-order valence-corrected chi connectivity index (χ3v) is 4.71. The number of nitrogens with one attached hydrogen (secondary N) is 2. The number of hydrogen-bond donors (Lipinski definition) is 2. The highest BCUT2D eigenvalue weighted by Crippen LogP contribution is 2.20. The number of aryl methyl sites for hydroxylation is 1. The van der Waals surface area contributed by atoms with Gasteiger partial charge in [-0.25, -0.2) is 17.6 Å². The molecule has 0 spiro atoms. The number of halogens is 1. The maximum Gasteiger partial charge on any atom is 0.319 e. The molecule has 0 aliphatic heterocycles. The second kappa shape index (κ2) is 7.00. The van der Waals surface area contributed by atoms with Crippen molar-refractivity contribution in [2.75, 3.05) is 11.6 Å². The lowest BCUT2D eigenvalue weighted by Gasteiger charge is -2.16. The van der Waals surface area contributed by atoms with Crippen molar-refractivity contribution in [3.8, 4) is 0 Å². The summed E-state index contributed by atoms with van der Waals surface area (Å²) in [6.45, 7) is 3.54. The van der Waals surface area contributed by atoms with E-state index in [2.05, 4.69) is 10.6 Å². The molecule has 0 bridgehead atoms. The Kier molecular flexibility index (Phi) is 5.23. The van der Waals surface area contributed by atoms with E-state index in [4.69, 9.17) is 0 Å². The molecule has 0 fully saturated rings. The van der Waals surface area contributed by atoms with Gasteiger partial charge in [0.1, 0.15) is 5.82 Å². The number of carbonyl (C=O) groups is 1. The molecule has 0 aliphatic rings. The third-order valence-electron chi connectivity index (χ3n) is 3.60. The Morgan fingerprint density at radius 1 is 1.12 bits per heavy atom. The van der Waals surface area contributed by atoms with E-state index in [-0.39, 0.29) is 16.8 Å². The first kappa shape index (κ1) is 17.9. The fraction of sp³-hybridized carbons (Fsp3) is 0.235. The van der Waals surface area contributed by atoms with Crippen LogP contribution in [0.15, 0.2) is 47.4 Å². The zero-order valence-corrected chi connectivity index (χ0v) is 14.4. The molecule has 2 N–H and O–H groups in total. The Bertz CT molecular complexity index is 849. The first-order valence-corrected chi connectivity index (χ1v) is 9.19. The van der Waals surface area contributed by atoms with Crippen LogP contribution >= 0.6 is 0 Å². The SMILES string of the molecule is Cc1ccc(S(C)(=O)=O)cc1NC(=O)NC(C)c1ccc(F)cc1. The number of carbonyl (C=O) groups excluding carboxylic acids is 1. The molecule has 128 valence electrons. The van der Waals surface area contributed by atoms with Crippen molar-refractivity contribution in [1.29, 1.82) is 0 Å². The average Bonchev–Trinajstić information content (AvgIpc) is 2.48. The second-order valence-electron chi connectivity index (χ2n) is 5.62. The molecular weight excluding hydrogens is 331 g/mol. The van der Waals surface area contributed by atoms with Crippen LogP contribution in [0.2, 0.25) is 0 Å². The Hall–Kier alpha value is -2.41. The first-order chi connectivity index (χ1) is 11.2. The molecule has 2 rings (SSSR count). The summed E-state index contributed by atoms with van der Waals surface area (Å²) >= 11 is 0. The minimum atomic E-state index is -3.36. The van der Waals surface area contributed by atoms with Gasteiger partial charge in [0.15, 0.2) is 9.84 Å². The minimum absolute atomic E-state index is 0.134. The van der Waals surface area contributed by atoms with Gasteiger partial charge in [-0.05, 0) is 49.2 Å². The zero-order chi connectivity index (χ0) is 17.9. The normalized spacial score (nSPS) is 12.5. The maximum atomic E-state index is 12.9. The Labute approximate surface area is 140 Å². The second-order valence-corrected chi connectivity index (χ2v) is 7.64. The molecular formula is C17H19FN2O3S.